The van der Waals surface area contributed by atoms with Crippen molar-refractivity contribution < 1.29 is 9.53 Å². The Kier molecular flexibility index (Phi) is 5.60. The molecule has 0 aromatic heterocycles. The molecule has 0 saturated heterocycles. The fourth-order valence-electron chi connectivity index (χ4n) is 2.25. The summed E-state index contributed by atoms with van der Waals surface area (Å²) in [4.78, 5) is 14.3. The van der Waals surface area contributed by atoms with E-state index in [0.29, 0.717) is 5.92 Å². The first-order chi connectivity index (χ1) is 8.42. The molecule has 0 heterocycles. The second kappa shape index (κ2) is 6.53. The lowest BCUT2D eigenvalue weighted by Gasteiger charge is -2.31. The summed E-state index contributed by atoms with van der Waals surface area (Å²) in [5, 5.41) is 3.10. The molecule has 0 aliphatic heterocycles. The van der Waals surface area contributed by atoms with Gasteiger partial charge >= 0.3 is 5.97 Å². The Hall–Kier alpha value is -0.610. The molecule has 0 aromatic carbocycles. The van der Waals surface area contributed by atoms with Gasteiger partial charge in [-0.3, -0.25) is 4.79 Å². The minimum Gasteiger partial charge on any atom is -0.468 e. The van der Waals surface area contributed by atoms with Crippen LogP contribution in [0.15, 0.2) is 0 Å². The summed E-state index contributed by atoms with van der Waals surface area (Å²) >= 11 is 0. The van der Waals surface area contributed by atoms with E-state index in [1.807, 2.05) is 14.0 Å². The van der Waals surface area contributed by atoms with Gasteiger partial charge in [0.25, 0.3) is 0 Å². The summed E-state index contributed by atoms with van der Waals surface area (Å²) in [5.41, 5.74) is -0.571. The van der Waals surface area contributed by atoms with Crippen molar-refractivity contribution in [2.24, 2.45) is 5.92 Å². The Morgan fingerprint density at radius 1 is 1.50 bits per heavy atom. The molecule has 0 amide bonds. The van der Waals surface area contributed by atoms with E-state index in [2.05, 4.69) is 24.1 Å². The van der Waals surface area contributed by atoms with Crippen LogP contribution in [0, 0.1) is 5.92 Å². The molecule has 1 rings (SSSR count). The average Bonchev–Trinajstić information content (AvgIpc) is 3.16. The normalized spacial score (nSPS) is 19.1. The highest BCUT2D eigenvalue weighted by molar-refractivity contribution is 5.80. The number of hydrogen-bond acceptors (Lipinski definition) is 4. The van der Waals surface area contributed by atoms with E-state index in [0.717, 1.165) is 25.6 Å². The first-order valence-electron chi connectivity index (χ1n) is 6.94. The van der Waals surface area contributed by atoms with Crippen LogP contribution in [0.5, 0.6) is 0 Å². The van der Waals surface area contributed by atoms with Gasteiger partial charge in [0.2, 0.25) is 0 Å². The Balaban J connectivity index is 2.51. The number of hydrogen-bond donors (Lipinski definition) is 1. The van der Waals surface area contributed by atoms with Crippen molar-refractivity contribution in [2.45, 2.75) is 51.6 Å². The smallest absolute Gasteiger partial charge is 0.325 e. The van der Waals surface area contributed by atoms with E-state index in [-0.39, 0.29) is 5.97 Å². The quantitative estimate of drug-likeness (QED) is 0.671. The Labute approximate surface area is 111 Å². The van der Waals surface area contributed by atoms with Crippen LogP contribution in [0.3, 0.4) is 0 Å². The molecule has 1 fully saturated rings. The molecular formula is C14H28N2O2. The van der Waals surface area contributed by atoms with E-state index >= 15 is 0 Å². The maximum atomic E-state index is 11.8. The van der Waals surface area contributed by atoms with Crippen molar-refractivity contribution in [1.82, 2.24) is 10.2 Å². The zero-order chi connectivity index (χ0) is 13.8. The number of nitrogens with zero attached hydrogens (tertiary/aromatic N) is 1. The molecule has 1 N–H and O–H groups in total. The lowest BCUT2D eigenvalue weighted by atomic mass is 9.97. The molecule has 0 aromatic rings. The lowest BCUT2D eigenvalue weighted by Crippen LogP contribution is -2.50. The largest absolute Gasteiger partial charge is 0.468 e. The van der Waals surface area contributed by atoms with Gasteiger partial charge in [-0.2, -0.15) is 0 Å². The first-order valence-corrected chi connectivity index (χ1v) is 6.94. The van der Waals surface area contributed by atoms with Crippen molar-refractivity contribution in [3.05, 3.63) is 0 Å². The SMILES string of the molecule is CNC(C)(CCN(CC(C)C)C1CC1)C(=O)OC. The summed E-state index contributed by atoms with van der Waals surface area (Å²) in [6, 6.07) is 0.742. The third-order valence-electron chi connectivity index (χ3n) is 3.75. The molecule has 4 nitrogen and oxygen atoms in total. The van der Waals surface area contributed by atoms with Gasteiger partial charge in [0.05, 0.1) is 7.11 Å². The molecule has 1 aliphatic carbocycles. The summed E-state index contributed by atoms with van der Waals surface area (Å²) < 4.78 is 4.88. The highest BCUT2D eigenvalue weighted by Crippen LogP contribution is 2.28. The van der Waals surface area contributed by atoms with Gasteiger partial charge in [0, 0.05) is 19.1 Å². The van der Waals surface area contributed by atoms with Gasteiger partial charge in [-0.25, -0.2) is 0 Å². The number of rotatable bonds is 8. The third-order valence-corrected chi connectivity index (χ3v) is 3.75. The van der Waals surface area contributed by atoms with Crippen LogP contribution in [0.4, 0.5) is 0 Å². The van der Waals surface area contributed by atoms with E-state index < -0.39 is 5.54 Å². The van der Waals surface area contributed by atoms with Crippen molar-refractivity contribution in [3.63, 3.8) is 0 Å². The summed E-state index contributed by atoms with van der Waals surface area (Å²) in [5.74, 6) is 0.495. The zero-order valence-electron chi connectivity index (χ0n) is 12.5. The van der Waals surface area contributed by atoms with Crippen molar-refractivity contribution in [1.29, 1.82) is 0 Å². The van der Waals surface area contributed by atoms with Crippen LogP contribution in [0.1, 0.15) is 40.0 Å². The van der Waals surface area contributed by atoms with E-state index in [1.165, 1.54) is 20.0 Å². The number of carbonyl (C=O) groups excluding carboxylic acids is 1. The van der Waals surface area contributed by atoms with Crippen molar-refractivity contribution in [3.8, 4) is 0 Å². The second-order valence-corrected chi connectivity index (χ2v) is 5.94. The predicted molar refractivity (Wildman–Crippen MR) is 73.5 cm³/mol. The van der Waals surface area contributed by atoms with Gasteiger partial charge < -0.3 is 15.0 Å². The summed E-state index contributed by atoms with van der Waals surface area (Å²) in [6.07, 6.45) is 3.40. The topological polar surface area (TPSA) is 41.6 Å². The number of esters is 1. The third kappa shape index (κ3) is 4.25. The molecule has 4 heteroatoms. The van der Waals surface area contributed by atoms with Gasteiger partial charge in [0.1, 0.15) is 5.54 Å². The van der Waals surface area contributed by atoms with Gasteiger partial charge in [0.15, 0.2) is 0 Å². The molecule has 1 unspecified atom stereocenters. The Morgan fingerprint density at radius 3 is 2.50 bits per heavy atom. The highest BCUT2D eigenvalue weighted by Gasteiger charge is 2.35. The molecule has 1 atom stereocenters. The highest BCUT2D eigenvalue weighted by atomic mass is 16.5. The first kappa shape index (κ1) is 15.4. The van der Waals surface area contributed by atoms with E-state index in [9.17, 15) is 4.79 Å². The summed E-state index contributed by atoms with van der Waals surface area (Å²) in [6.45, 7) is 8.47. The number of ether oxygens (including phenoxy) is 1. The molecule has 1 aliphatic rings. The van der Waals surface area contributed by atoms with Crippen molar-refractivity contribution in [2.75, 3.05) is 27.2 Å². The standard InChI is InChI=1S/C14H28N2O2/c1-11(2)10-16(12-6-7-12)9-8-14(3,15-4)13(17)18-5/h11-12,15H,6-10H2,1-5H3. The van der Waals surface area contributed by atoms with Crippen LogP contribution in [0.25, 0.3) is 0 Å². The lowest BCUT2D eigenvalue weighted by molar-refractivity contribution is -0.148. The van der Waals surface area contributed by atoms with Crippen LogP contribution >= 0.6 is 0 Å². The number of nitrogens with one attached hydrogen (secondary N) is 1. The van der Waals surface area contributed by atoms with Crippen molar-refractivity contribution >= 4 is 5.97 Å². The van der Waals surface area contributed by atoms with E-state index in [4.69, 9.17) is 4.74 Å². The Bertz CT molecular complexity index is 277. The molecule has 106 valence electrons. The molecule has 18 heavy (non-hydrogen) atoms. The number of likely N-dealkylation sites (N-methyl/N-ethyl adjacent to an activating group) is 1. The zero-order valence-corrected chi connectivity index (χ0v) is 12.5. The Morgan fingerprint density at radius 2 is 2.11 bits per heavy atom. The molecule has 1 saturated carbocycles. The second-order valence-electron chi connectivity index (χ2n) is 5.94. The minimum absolute atomic E-state index is 0.176. The molecular weight excluding hydrogens is 228 g/mol. The van der Waals surface area contributed by atoms with Gasteiger partial charge in [-0.15, -0.1) is 0 Å². The van der Waals surface area contributed by atoms with Crippen LogP contribution in [0.2, 0.25) is 0 Å². The molecule has 0 radical (unpaired) electrons. The van der Waals surface area contributed by atoms with Crippen LogP contribution < -0.4 is 5.32 Å². The fraction of sp³-hybridized carbons (Fsp3) is 0.929. The van der Waals surface area contributed by atoms with Crippen LogP contribution in [-0.2, 0) is 9.53 Å². The van der Waals surface area contributed by atoms with Gasteiger partial charge in [-0.05, 0) is 39.2 Å². The molecule has 0 bridgehead atoms. The minimum atomic E-state index is -0.571. The van der Waals surface area contributed by atoms with Gasteiger partial charge in [-0.1, -0.05) is 13.8 Å². The number of methoxy groups -OCH3 is 1. The monoisotopic (exact) mass is 256 g/mol. The fourth-order valence-corrected chi connectivity index (χ4v) is 2.25. The average molecular weight is 256 g/mol. The summed E-state index contributed by atoms with van der Waals surface area (Å²) in [7, 11) is 3.27. The van der Waals surface area contributed by atoms with Crippen LogP contribution in [-0.4, -0.2) is 49.7 Å². The molecule has 0 spiro atoms. The predicted octanol–water partition coefficient (Wildman–Crippen LogP) is 1.65. The maximum Gasteiger partial charge on any atom is 0.325 e. The number of carbonyl (C=O) groups is 1. The van der Waals surface area contributed by atoms with E-state index in [1.54, 1.807) is 0 Å². The maximum absolute atomic E-state index is 11.8.